The molecule has 84 valence electrons. The van der Waals surface area contributed by atoms with Crippen LogP contribution in [-0.2, 0) is 0 Å². The predicted molar refractivity (Wildman–Crippen MR) is 75.6 cm³/mol. The van der Waals surface area contributed by atoms with E-state index in [1.54, 1.807) is 11.3 Å². The molecule has 0 unspecified atom stereocenters. The minimum atomic E-state index is 0.517. The van der Waals surface area contributed by atoms with Crippen molar-refractivity contribution in [3.05, 3.63) is 45.3 Å². The van der Waals surface area contributed by atoms with Gasteiger partial charge in [0.15, 0.2) is 11.0 Å². The van der Waals surface area contributed by atoms with Crippen molar-refractivity contribution < 1.29 is 0 Å². The van der Waals surface area contributed by atoms with Crippen LogP contribution in [0.3, 0.4) is 0 Å². The average molecular weight is 326 g/mol. The first-order valence-corrected chi connectivity index (χ1v) is 6.96. The van der Waals surface area contributed by atoms with Crippen molar-refractivity contribution >= 4 is 49.1 Å². The van der Waals surface area contributed by atoms with Gasteiger partial charge in [0.1, 0.15) is 0 Å². The topological polar surface area (TPSA) is 25.8 Å². The largest absolute Gasteiger partial charge is 0.227 e. The lowest BCUT2D eigenvalue weighted by molar-refractivity contribution is 1.23. The summed E-state index contributed by atoms with van der Waals surface area (Å²) < 4.78 is 1.97. The standard InChI is InChI=1S/C12H6BrClN2S/c13-8-3-1-7(2-4-8)12-15-9-5-6-17-10(9)11(14)16-12/h1-6H. The Morgan fingerprint density at radius 3 is 2.59 bits per heavy atom. The molecule has 0 fully saturated rings. The molecule has 0 aliphatic rings. The van der Waals surface area contributed by atoms with Crippen LogP contribution in [0.5, 0.6) is 0 Å². The van der Waals surface area contributed by atoms with Crippen LogP contribution in [0.15, 0.2) is 40.2 Å². The van der Waals surface area contributed by atoms with E-state index in [1.165, 1.54) is 0 Å². The van der Waals surface area contributed by atoms with Gasteiger partial charge in [0, 0.05) is 10.0 Å². The zero-order valence-electron chi connectivity index (χ0n) is 8.52. The van der Waals surface area contributed by atoms with E-state index in [9.17, 15) is 0 Å². The lowest BCUT2D eigenvalue weighted by atomic mass is 10.2. The monoisotopic (exact) mass is 324 g/mol. The van der Waals surface area contributed by atoms with Crippen LogP contribution in [0.1, 0.15) is 0 Å². The Bertz CT molecular complexity index is 679. The molecule has 0 aliphatic heterocycles. The van der Waals surface area contributed by atoms with Crippen molar-refractivity contribution in [2.45, 2.75) is 0 Å². The molecule has 0 radical (unpaired) electrons. The summed E-state index contributed by atoms with van der Waals surface area (Å²) in [5.74, 6) is 0.661. The summed E-state index contributed by atoms with van der Waals surface area (Å²) in [4.78, 5) is 8.82. The third-order valence-corrected chi connectivity index (χ3v) is 4.19. The smallest absolute Gasteiger partial charge is 0.161 e. The summed E-state index contributed by atoms with van der Waals surface area (Å²) in [5, 5.41) is 2.49. The average Bonchev–Trinajstić information content (AvgIpc) is 2.78. The number of rotatable bonds is 1. The van der Waals surface area contributed by atoms with Crippen molar-refractivity contribution in [2.24, 2.45) is 0 Å². The van der Waals surface area contributed by atoms with E-state index >= 15 is 0 Å². The van der Waals surface area contributed by atoms with E-state index in [1.807, 2.05) is 35.7 Å². The molecule has 0 atom stereocenters. The first-order valence-electron chi connectivity index (χ1n) is 4.91. The third-order valence-electron chi connectivity index (χ3n) is 2.36. The molecule has 2 aromatic heterocycles. The summed E-state index contributed by atoms with van der Waals surface area (Å²) in [5.41, 5.74) is 1.86. The third kappa shape index (κ3) is 2.08. The highest BCUT2D eigenvalue weighted by Gasteiger charge is 2.08. The van der Waals surface area contributed by atoms with E-state index in [0.29, 0.717) is 11.0 Å². The Morgan fingerprint density at radius 2 is 1.82 bits per heavy atom. The van der Waals surface area contributed by atoms with Gasteiger partial charge in [0.05, 0.1) is 10.2 Å². The summed E-state index contributed by atoms with van der Waals surface area (Å²) in [7, 11) is 0. The fourth-order valence-electron chi connectivity index (χ4n) is 1.56. The molecule has 17 heavy (non-hydrogen) atoms. The van der Waals surface area contributed by atoms with E-state index in [-0.39, 0.29) is 0 Å². The van der Waals surface area contributed by atoms with Crippen LogP contribution in [0, 0.1) is 0 Å². The second-order valence-corrected chi connectivity index (χ2v) is 5.67. The number of fused-ring (bicyclic) bond motifs is 1. The molecule has 0 bridgehead atoms. The SMILES string of the molecule is Clc1nc(-c2ccc(Br)cc2)nc2ccsc12. The molecule has 5 heteroatoms. The summed E-state index contributed by atoms with van der Waals surface area (Å²) in [6.45, 7) is 0. The Balaban J connectivity index is 2.20. The lowest BCUT2D eigenvalue weighted by Gasteiger charge is -2.01. The van der Waals surface area contributed by atoms with E-state index in [0.717, 1.165) is 20.3 Å². The van der Waals surface area contributed by atoms with Crippen LogP contribution < -0.4 is 0 Å². The Kier molecular flexibility index (Phi) is 2.86. The number of hydrogen-bond acceptors (Lipinski definition) is 3. The number of nitrogens with zero attached hydrogens (tertiary/aromatic N) is 2. The van der Waals surface area contributed by atoms with Gasteiger partial charge in [-0.2, -0.15) is 0 Å². The summed E-state index contributed by atoms with van der Waals surface area (Å²) >= 11 is 11.1. The van der Waals surface area contributed by atoms with Gasteiger partial charge in [0.25, 0.3) is 0 Å². The molecule has 2 nitrogen and oxygen atoms in total. The van der Waals surface area contributed by atoms with Gasteiger partial charge in [0.2, 0.25) is 0 Å². The van der Waals surface area contributed by atoms with E-state index in [4.69, 9.17) is 11.6 Å². The number of benzene rings is 1. The summed E-state index contributed by atoms with van der Waals surface area (Å²) in [6, 6.07) is 9.81. The lowest BCUT2D eigenvalue weighted by Crippen LogP contribution is -1.89. The van der Waals surface area contributed by atoms with Crippen molar-refractivity contribution in [2.75, 3.05) is 0 Å². The predicted octanol–water partition coefficient (Wildman–Crippen LogP) is 4.77. The molecule has 0 N–H and O–H groups in total. The number of halogens is 2. The molecular weight excluding hydrogens is 320 g/mol. The first-order chi connectivity index (χ1) is 8.24. The van der Waals surface area contributed by atoms with Gasteiger partial charge in [-0.3, -0.25) is 0 Å². The number of aromatic nitrogens is 2. The molecule has 0 aliphatic carbocycles. The van der Waals surface area contributed by atoms with Crippen LogP contribution in [0.4, 0.5) is 0 Å². The van der Waals surface area contributed by atoms with Gasteiger partial charge >= 0.3 is 0 Å². The van der Waals surface area contributed by atoms with Crippen LogP contribution >= 0.6 is 38.9 Å². The summed E-state index contributed by atoms with van der Waals surface area (Å²) in [6.07, 6.45) is 0. The van der Waals surface area contributed by atoms with E-state index < -0.39 is 0 Å². The van der Waals surface area contributed by atoms with Crippen molar-refractivity contribution in [1.82, 2.24) is 9.97 Å². The minimum Gasteiger partial charge on any atom is -0.227 e. The fraction of sp³-hybridized carbons (Fsp3) is 0. The highest BCUT2D eigenvalue weighted by Crippen LogP contribution is 2.28. The molecular formula is C12H6BrClN2S. The zero-order chi connectivity index (χ0) is 11.8. The molecule has 2 heterocycles. The highest BCUT2D eigenvalue weighted by molar-refractivity contribution is 9.10. The molecule has 3 rings (SSSR count). The maximum absolute atomic E-state index is 6.13. The first kappa shape index (κ1) is 11.1. The zero-order valence-corrected chi connectivity index (χ0v) is 11.7. The van der Waals surface area contributed by atoms with Gasteiger partial charge in [-0.1, -0.05) is 39.7 Å². The quantitative estimate of drug-likeness (QED) is 0.602. The highest BCUT2D eigenvalue weighted by atomic mass is 79.9. The minimum absolute atomic E-state index is 0.517. The molecule has 0 saturated heterocycles. The van der Waals surface area contributed by atoms with Gasteiger partial charge in [-0.05, 0) is 23.6 Å². The Morgan fingerprint density at radius 1 is 1.06 bits per heavy atom. The van der Waals surface area contributed by atoms with Crippen LogP contribution in [0.2, 0.25) is 5.15 Å². The number of hydrogen-bond donors (Lipinski definition) is 0. The van der Waals surface area contributed by atoms with Gasteiger partial charge in [-0.15, -0.1) is 11.3 Å². The van der Waals surface area contributed by atoms with Crippen molar-refractivity contribution in [3.63, 3.8) is 0 Å². The van der Waals surface area contributed by atoms with Crippen LogP contribution in [0.25, 0.3) is 21.6 Å². The van der Waals surface area contributed by atoms with E-state index in [2.05, 4.69) is 25.9 Å². The second kappa shape index (κ2) is 4.37. The molecule has 0 spiro atoms. The second-order valence-electron chi connectivity index (χ2n) is 3.48. The van der Waals surface area contributed by atoms with Gasteiger partial charge in [-0.25, -0.2) is 9.97 Å². The Labute approximate surface area is 115 Å². The van der Waals surface area contributed by atoms with Crippen LogP contribution in [-0.4, -0.2) is 9.97 Å². The molecule has 0 amide bonds. The Hall–Kier alpha value is -0.970. The van der Waals surface area contributed by atoms with Crippen molar-refractivity contribution in [3.8, 4) is 11.4 Å². The van der Waals surface area contributed by atoms with Crippen molar-refractivity contribution in [1.29, 1.82) is 0 Å². The maximum atomic E-state index is 6.13. The van der Waals surface area contributed by atoms with Gasteiger partial charge < -0.3 is 0 Å². The maximum Gasteiger partial charge on any atom is 0.161 e. The normalized spacial score (nSPS) is 10.9. The fourth-order valence-corrected chi connectivity index (χ4v) is 2.84. The molecule has 0 saturated carbocycles. The molecule has 1 aromatic carbocycles. The molecule has 3 aromatic rings. The number of thiophene rings is 1.